The third-order valence-electron chi connectivity index (χ3n) is 5.53. The van der Waals surface area contributed by atoms with Crippen LogP contribution in [0, 0.1) is 0 Å². The molecule has 0 heterocycles. The van der Waals surface area contributed by atoms with Gasteiger partial charge in [0.05, 0.1) is 45.8 Å². The van der Waals surface area contributed by atoms with Gasteiger partial charge in [-0.2, -0.15) is 0 Å². The van der Waals surface area contributed by atoms with E-state index < -0.39 is 27.8 Å². The topological polar surface area (TPSA) is 119 Å². The van der Waals surface area contributed by atoms with Crippen molar-refractivity contribution in [3.05, 3.63) is 0 Å². The minimum atomic E-state index is -4.19. The molecule has 1 saturated carbocycles. The van der Waals surface area contributed by atoms with Gasteiger partial charge >= 0.3 is 22.8 Å². The monoisotopic (exact) mass is 549 g/mol. The summed E-state index contributed by atoms with van der Waals surface area (Å²) in [7, 11) is -12.0. The number of nitrogens with one attached hydrogen (secondary N) is 1. The van der Waals surface area contributed by atoms with Gasteiger partial charge in [0.1, 0.15) is 0 Å². The van der Waals surface area contributed by atoms with E-state index in [1.165, 1.54) is 0 Å². The minimum Gasteiger partial charge on any atom is -0.309 e. The Morgan fingerprint density at radius 2 is 1.03 bits per heavy atom. The summed E-state index contributed by atoms with van der Waals surface area (Å²) in [5, 5.41) is 1.50. The molecule has 0 saturated heterocycles. The van der Waals surface area contributed by atoms with Gasteiger partial charge in [-0.05, 0) is 54.4 Å². The molecule has 0 radical (unpaired) electrons. The molecule has 0 spiro atoms. The lowest BCUT2D eigenvalue weighted by Crippen LogP contribution is -2.52. The summed E-state index contributed by atoms with van der Waals surface area (Å²) in [5.41, 5.74) is 0. The second-order valence-corrected chi connectivity index (χ2v) is 15.0. The Hall–Kier alpha value is 0.410. The van der Waals surface area contributed by atoms with E-state index in [0.29, 0.717) is 0 Å². The molecule has 0 aromatic rings. The molecule has 0 aromatic carbocycles. The first kappa shape index (κ1) is 32.4. The third-order valence-corrected chi connectivity index (χ3v) is 14.0. The zero-order chi connectivity index (χ0) is 25.7. The zero-order valence-corrected chi connectivity index (χ0v) is 24.5. The lowest BCUT2D eigenvalue weighted by Gasteiger charge is -2.45. The van der Waals surface area contributed by atoms with Crippen molar-refractivity contribution in [2.45, 2.75) is 91.1 Å². The molecule has 10 nitrogen and oxygen atoms in total. The van der Waals surface area contributed by atoms with Crippen LogP contribution in [0.15, 0.2) is 0 Å². The Labute approximate surface area is 206 Å². The van der Waals surface area contributed by atoms with Crippen LogP contribution in [0.1, 0.15) is 80.1 Å². The van der Waals surface area contributed by atoms with Gasteiger partial charge in [0.15, 0.2) is 0 Å². The van der Waals surface area contributed by atoms with E-state index >= 15 is 0 Å². The average Bonchev–Trinajstić information content (AvgIpc) is 2.78. The molecule has 0 unspecified atom stereocenters. The molecule has 0 aromatic heterocycles. The molecule has 0 amide bonds. The van der Waals surface area contributed by atoms with Gasteiger partial charge in [-0.15, -0.1) is 0 Å². The summed E-state index contributed by atoms with van der Waals surface area (Å²) >= 11 is 0. The molecule has 0 aliphatic heterocycles. The Kier molecular flexibility index (Phi) is 14.9. The Morgan fingerprint density at radius 1 is 0.647 bits per heavy atom. The van der Waals surface area contributed by atoms with Crippen molar-refractivity contribution >= 4 is 22.8 Å². The van der Waals surface area contributed by atoms with E-state index in [2.05, 4.69) is 5.32 Å². The van der Waals surface area contributed by atoms with Crippen molar-refractivity contribution in [3.8, 4) is 0 Å². The highest BCUT2D eigenvalue weighted by molar-refractivity contribution is 7.74. The fraction of sp³-hybridized carbons (Fsp3) is 1.00. The van der Waals surface area contributed by atoms with E-state index in [9.17, 15) is 13.7 Å². The van der Waals surface area contributed by atoms with Gasteiger partial charge in [0.25, 0.3) is 0 Å². The number of hydrogen-bond acceptors (Lipinski definition) is 10. The Morgan fingerprint density at radius 3 is 1.38 bits per heavy atom. The summed E-state index contributed by atoms with van der Waals surface area (Å²) in [6.07, 6.45) is 4.31. The van der Waals surface area contributed by atoms with Crippen molar-refractivity contribution in [1.82, 2.24) is 5.32 Å². The lowest BCUT2D eigenvalue weighted by atomic mass is 9.95. The molecule has 1 aliphatic carbocycles. The van der Waals surface area contributed by atoms with Crippen molar-refractivity contribution in [2.24, 2.45) is 0 Å². The van der Waals surface area contributed by atoms with Crippen molar-refractivity contribution in [2.75, 3.05) is 45.8 Å². The summed E-state index contributed by atoms with van der Waals surface area (Å²) < 4.78 is 76.5. The van der Waals surface area contributed by atoms with Crippen LogP contribution < -0.4 is 5.32 Å². The second-order valence-electron chi connectivity index (χ2n) is 7.88. The molecule has 0 atom stereocenters. The standard InChI is InChI=1S/C21H46NO9P3/c1-7-26-32(23,27-8-2)19-18-21(22-20-16-14-13-15-17-20,33(24,28-9-3)29-10-4)34(25,30-11-5)31-12-6/h20,22H,7-19H2,1-6H3. The van der Waals surface area contributed by atoms with Gasteiger partial charge in [-0.3, -0.25) is 19.0 Å². The van der Waals surface area contributed by atoms with Crippen LogP contribution in [0.25, 0.3) is 0 Å². The first-order valence-electron chi connectivity index (χ1n) is 12.6. The predicted molar refractivity (Wildman–Crippen MR) is 135 cm³/mol. The fourth-order valence-corrected chi connectivity index (χ4v) is 12.1. The van der Waals surface area contributed by atoms with E-state index in [1.54, 1.807) is 41.5 Å². The summed E-state index contributed by atoms with van der Waals surface area (Å²) in [5.74, 6) is 0. The third kappa shape index (κ3) is 8.21. The van der Waals surface area contributed by atoms with Gasteiger partial charge < -0.3 is 27.1 Å². The lowest BCUT2D eigenvalue weighted by molar-refractivity contribution is 0.156. The van der Waals surface area contributed by atoms with Gasteiger partial charge in [0.2, 0.25) is 5.02 Å². The Balaban J connectivity index is 3.74. The van der Waals surface area contributed by atoms with Crippen LogP contribution >= 0.6 is 22.8 Å². The van der Waals surface area contributed by atoms with Gasteiger partial charge in [0, 0.05) is 12.5 Å². The highest BCUT2D eigenvalue weighted by atomic mass is 31.2. The highest BCUT2D eigenvalue weighted by Crippen LogP contribution is 2.78. The zero-order valence-electron chi connectivity index (χ0n) is 21.8. The SMILES string of the molecule is CCOP(=O)(CCC(NC1CCCCC1)(P(=O)(OCC)OCC)P(=O)(OCC)OCC)OCC. The van der Waals surface area contributed by atoms with Crippen LogP contribution in [-0.2, 0) is 40.8 Å². The maximum absolute atomic E-state index is 14.5. The quantitative estimate of drug-likeness (QED) is 0.173. The maximum Gasteiger partial charge on any atom is 0.362 e. The van der Waals surface area contributed by atoms with E-state index in [4.69, 9.17) is 27.1 Å². The summed E-state index contributed by atoms with van der Waals surface area (Å²) in [6.45, 7) is 10.7. The maximum atomic E-state index is 14.5. The predicted octanol–water partition coefficient (Wildman–Crippen LogP) is 6.75. The number of hydrogen-bond donors (Lipinski definition) is 1. The van der Waals surface area contributed by atoms with Crippen molar-refractivity contribution < 1.29 is 40.8 Å². The largest absolute Gasteiger partial charge is 0.362 e. The first-order chi connectivity index (χ1) is 16.1. The average molecular weight is 550 g/mol. The summed E-state index contributed by atoms with van der Waals surface area (Å²) in [6, 6.07) is -0.115. The Bertz CT molecular complexity index is 656. The first-order valence-corrected chi connectivity index (χ1v) is 17.4. The minimum absolute atomic E-state index is 0.0538. The molecule has 204 valence electrons. The molecule has 1 fully saturated rings. The smallest absolute Gasteiger partial charge is 0.309 e. The highest BCUT2D eigenvalue weighted by Gasteiger charge is 2.66. The van der Waals surface area contributed by atoms with Gasteiger partial charge in [-0.25, -0.2) is 0 Å². The molecule has 13 heteroatoms. The van der Waals surface area contributed by atoms with Gasteiger partial charge in [-0.1, -0.05) is 19.3 Å². The summed E-state index contributed by atoms with van der Waals surface area (Å²) in [4.78, 5) is 0. The van der Waals surface area contributed by atoms with Crippen LogP contribution in [0.3, 0.4) is 0 Å². The van der Waals surface area contributed by atoms with Crippen LogP contribution in [-0.4, -0.2) is 56.9 Å². The van der Waals surface area contributed by atoms with Crippen LogP contribution in [0.4, 0.5) is 0 Å². The van der Waals surface area contributed by atoms with Crippen LogP contribution in [0.5, 0.6) is 0 Å². The molecule has 1 aliphatic rings. The van der Waals surface area contributed by atoms with Crippen molar-refractivity contribution in [3.63, 3.8) is 0 Å². The fourth-order valence-electron chi connectivity index (χ4n) is 4.26. The van der Waals surface area contributed by atoms with Crippen molar-refractivity contribution in [1.29, 1.82) is 0 Å². The normalized spacial score (nSPS) is 16.8. The second kappa shape index (κ2) is 15.6. The molecule has 34 heavy (non-hydrogen) atoms. The number of rotatable bonds is 19. The van der Waals surface area contributed by atoms with Crippen LogP contribution in [0.2, 0.25) is 0 Å². The van der Waals surface area contributed by atoms with E-state index in [0.717, 1.165) is 32.1 Å². The molecule has 0 bridgehead atoms. The van der Waals surface area contributed by atoms with E-state index in [-0.39, 0.29) is 58.3 Å². The molecule has 1 N–H and O–H groups in total. The molecule has 1 rings (SSSR count). The molecular formula is C21H46NO9P3. The van der Waals surface area contributed by atoms with E-state index in [1.807, 2.05) is 0 Å². The molecular weight excluding hydrogens is 503 g/mol.